The molecule has 0 saturated heterocycles. The van der Waals surface area contributed by atoms with Gasteiger partial charge in [0.2, 0.25) is 5.91 Å². The van der Waals surface area contributed by atoms with E-state index < -0.39 is 0 Å². The number of benzene rings is 1. The molecule has 0 aliphatic carbocycles. The van der Waals surface area contributed by atoms with Crippen molar-refractivity contribution in [3.63, 3.8) is 0 Å². The summed E-state index contributed by atoms with van der Waals surface area (Å²) in [6, 6.07) is 10.0. The van der Waals surface area contributed by atoms with Crippen molar-refractivity contribution in [3.05, 3.63) is 52.8 Å². The van der Waals surface area contributed by atoms with Crippen LogP contribution in [-0.4, -0.2) is 22.2 Å². The van der Waals surface area contributed by atoms with Gasteiger partial charge in [-0.25, -0.2) is 0 Å². The predicted octanol–water partition coefficient (Wildman–Crippen LogP) is 2.44. The maximum atomic E-state index is 12.0. The van der Waals surface area contributed by atoms with Crippen molar-refractivity contribution in [2.75, 3.05) is 6.54 Å². The van der Waals surface area contributed by atoms with Crippen LogP contribution in [0.5, 0.6) is 0 Å². The van der Waals surface area contributed by atoms with Crippen LogP contribution < -0.4 is 11.1 Å². The molecule has 1 atom stereocenters. The van der Waals surface area contributed by atoms with Gasteiger partial charge >= 0.3 is 0 Å². The average Bonchev–Trinajstić information content (AvgIpc) is 2.82. The highest BCUT2D eigenvalue weighted by Crippen LogP contribution is 2.17. The molecular formula is C18H26N4O. The van der Waals surface area contributed by atoms with Crippen molar-refractivity contribution in [3.8, 4) is 0 Å². The van der Waals surface area contributed by atoms with E-state index in [0.717, 1.165) is 17.0 Å². The van der Waals surface area contributed by atoms with Crippen LogP contribution in [0.1, 0.15) is 48.3 Å². The van der Waals surface area contributed by atoms with Crippen molar-refractivity contribution in [2.45, 2.75) is 46.2 Å². The van der Waals surface area contributed by atoms with Crippen LogP contribution in [0.3, 0.4) is 0 Å². The molecule has 1 heterocycles. The number of hydrogen-bond acceptors (Lipinski definition) is 3. The fourth-order valence-electron chi connectivity index (χ4n) is 2.50. The number of nitrogens with zero attached hydrogens (tertiary/aromatic N) is 2. The topological polar surface area (TPSA) is 72.9 Å². The molecule has 0 fully saturated rings. The Bertz CT molecular complexity index is 658. The Hall–Kier alpha value is -2.14. The molecule has 0 aliphatic heterocycles. The van der Waals surface area contributed by atoms with E-state index in [1.165, 1.54) is 5.56 Å². The maximum absolute atomic E-state index is 12.0. The van der Waals surface area contributed by atoms with E-state index >= 15 is 0 Å². The standard InChI is InChI=1S/C18H26N4O/c1-12(2)15-5-7-16(8-6-15)17(19)10-20-18(23)11-22-14(4)9-13(3)21-22/h5-9,12,17H,10-11,19H2,1-4H3,(H,20,23). The smallest absolute Gasteiger partial charge is 0.241 e. The van der Waals surface area contributed by atoms with Gasteiger partial charge in [0.15, 0.2) is 0 Å². The first-order valence-electron chi connectivity index (χ1n) is 8.00. The fourth-order valence-corrected chi connectivity index (χ4v) is 2.50. The second-order valence-electron chi connectivity index (χ2n) is 6.32. The van der Waals surface area contributed by atoms with Gasteiger partial charge in [-0.05, 0) is 37.0 Å². The number of aromatic nitrogens is 2. The van der Waals surface area contributed by atoms with Gasteiger partial charge in [-0.3, -0.25) is 9.48 Å². The molecule has 0 aliphatic rings. The minimum atomic E-state index is -0.208. The summed E-state index contributed by atoms with van der Waals surface area (Å²) in [5.74, 6) is 0.422. The summed E-state index contributed by atoms with van der Waals surface area (Å²) in [6.45, 7) is 8.81. The molecule has 1 unspecified atom stereocenters. The van der Waals surface area contributed by atoms with Gasteiger partial charge in [-0.1, -0.05) is 38.1 Å². The Morgan fingerprint density at radius 1 is 1.22 bits per heavy atom. The molecule has 5 nitrogen and oxygen atoms in total. The zero-order chi connectivity index (χ0) is 17.0. The zero-order valence-electron chi connectivity index (χ0n) is 14.3. The van der Waals surface area contributed by atoms with Crippen LogP contribution in [0, 0.1) is 13.8 Å². The van der Waals surface area contributed by atoms with E-state index in [2.05, 4.69) is 36.4 Å². The normalized spacial score (nSPS) is 12.4. The van der Waals surface area contributed by atoms with Gasteiger partial charge in [-0.15, -0.1) is 0 Å². The lowest BCUT2D eigenvalue weighted by molar-refractivity contribution is -0.121. The summed E-state index contributed by atoms with van der Waals surface area (Å²) in [7, 11) is 0. The maximum Gasteiger partial charge on any atom is 0.241 e. The minimum Gasteiger partial charge on any atom is -0.353 e. The number of nitrogens with one attached hydrogen (secondary N) is 1. The SMILES string of the molecule is Cc1cc(C)n(CC(=O)NCC(N)c2ccc(C(C)C)cc2)n1. The van der Waals surface area contributed by atoms with Gasteiger partial charge in [-0.2, -0.15) is 5.10 Å². The van der Waals surface area contributed by atoms with Crippen molar-refractivity contribution in [1.29, 1.82) is 0 Å². The predicted molar refractivity (Wildman–Crippen MR) is 92.2 cm³/mol. The number of amides is 1. The van der Waals surface area contributed by atoms with Crippen molar-refractivity contribution in [1.82, 2.24) is 15.1 Å². The molecule has 2 aromatic rings. The lowest BCUT2D eigenvalue weighted by atomic mass is 9.99. The van der Waals surface area contributed by atoms with Gasteiger partial charge < -0.3 is 11.1 Å². The van der Waals surface area contributed by atoms with Crippen LogP contribution in [-0.2, 0) is 11.3 Å². The molecule has 1 amide bonds. The fraction of sp³-hybridized carbons (Fsp3) is 0.444. The van der Waals surface area contributed by atoms with Crippen molar-refractivity contribution >= 4 is 5.91 Å². The third-order valence-corrected chi connectivity index (χ3v) is 3.95. The minimum absolute atomic E-state index is 0.0783. The molecule has 0 bridgehead atoms. The second-order valence-corrected chi connectivity index (χ2v) is 6.32. The molecule has 0 spiro atoms. The summed E-state index contributed by atoms with van der Waals surface area (Å²) in [5.41, 5.74) is 10.4. The van der Waals surface area contributed by atoms with E-state index in [1.54, 1.807) is 4.68 Å². The molecular weight excluding hydrogens is 288 g/mol. The molecule has 1 aromatic heterocycles. The van der Waals surface area contributed by atoms with Crippen LogP contribution in [0.25, 0.3) is 0 Å². The van der Waals surface area contributed by atoms with Crippen molar-refractivity contribution in [2.24, 2.45) is 5.73 Å². The van der Waals surface area contributed by atoms with E-state index in [0.29, 0.717) is 12.5 Å². The lowest BCUT2D eigenvalue weighted by Crippen LogP contribution is -2.34. The molecule has 0 saturated carbocycles. The van der Waals surface area contributed by atoms with Gasteiger partial charge in [0, 0.05) is 18.3 Å². The average molecular weight is 314 g/mol. The number of aryl methyl sites for hydroxylation is 2. The Morgan fingerprint density at radius 2 is 1.83 bits per heavy atom. The molecule has 23 heavy (non-hydrogen) atoms. The first kappa shape index (κ1) is 17.2. The highest BCUT2D eigenvalue weighted by molar-refractivity contribution is 5.75. The Kier molecular flexibility index (Phi) is 5.55. The van der Waals surface area contributed by atoms with Crippen LogP contribution >= 0.6 is 0 Å². The third-order valence-electron chi connectivity index (χ3n) is 3.95. The summed E-state index contributed by atoms with van der Waals surface area (Å²) in [5, 5.41) is 7.16. The number of hydrogen-bond donors (Lipinski definition) is 2. The lowest BCUT2D eigenvalue weighted by Gasteiger charge is -2.15. The highest BCUT2D eigenvalue weighted by Gasteiger charge is 2.11. The van der Waals surface area contributed by atoms with E-state index in [9.17, 15) is 4.79 Å². The Balaban J connectivity index is 1.87. The molecule has 5 heteroatoms. The van der Waals surface area contributed by atoms with Crippen LogP contribution in [0.2, 0.25) is 0 Å². The Morgan fingerprint density at radius 3 is 2.35 bits per heavy atom. The molecule has 1 aromatic carbocycles. The molecule has 124 valence electrons. The largest absolute Gasteiger partial charge is 0.353 e. The van der Waals surface area contributed by atoms with Gasteiger partial charge in [0.25, 0.3) is 0 Å². The number of nitrogens with two attached hydrogens (primary N) is 1. The van der Waals surface area contributed by atoms with E-state index in [4.69, 9.17) is 5.73 Å². The Labute approximate surface area is 137 Å². The summed E-state index contributed by atoms with van der Waals surface area (Å²) in [6.07, 6.45) is 0. The van der Waals surface area contributed by atoms with Crippen molar-refractivity contribution < 1.29 is 4.79 Å². The monoisotopic (exact) mass is 314 g/mol. The van der Waals surface area contributed by atoms with E-state index in [1.807, 2.05) is 32.0 Å². The van der Waals surface area contributed by atoms with Gasteiger partial charge in [0.05, 0.1) is 5.69 Å². The zero-order valence-corrected chi connectivity index (χ0v) is 14.3. The summed E-state index contributed by atoms with van der Waals surface area (Å²) >= 11 is 0. The molecule has 0 radical (unpaired) electrons. The first-order chi connectivity index (χ1) is 10.9. The third kappa shape index (κ3) is 4.66. The molecule has 2 rings (SSSR count). The highest BCUT2D eigenvalue weighted by atomic mass is 16.2. The summed E-state index contributed by atoms with van der Waals surface area (Å²) < 4.78 is 1.70. The number of carbonyl (C=O) groups is 1. The van der Waals surface area contributed by atoms with Crippen LogP contribution in [0.15, 0.2) is 30.3 Å². The number of rotatable bonds is 6. The second kappa shape index (κ2) is 7.42. The molecule has 3 N–H and O–H groups in total. The number of carbonyl (C=O) groups excluding carboxylic acids is 1. The van der Waals surface area contributed by atoms with Crippen LogP contribution in [0.4, 0.5) is 0 Å². The summed E-state index contributed by atoms with van der Waals surface area (Å²) in [4.78, 5) is 12.0. The first-order valence-corrected chi connectivity index (χ1v) is 8.00. The van der Waals surface area contributed by atoms with E-state index in [-0.39, 0.29) is 18.5 Å². The quantitative estimate of drug-likeness (QED) is 0.860. The van der Waals surface area contributed by atoms with Gasteiger partial charge in [0.1, 0.15) is 6.54 Å².